The molecule has 4 heteroatoms. The van der Waals surface area contributed by atoms with Gasteiger partial charge in [-0.2, -0.15) is 0 Å². The van der Waals surface area contributed by atoms with Crippen LogP contribution in [0.25, 0.3) is 0 Å². The van der Waals surface area contributed by atoms with Crippen LogP contribution in [-0.4, -0.2) is 26.1 Å². The zero-order valence-electron chi connectivity index (χ0n) is 11.6. The molecule has 1 aromatic carbocycles. The molecule has 1 aromatic rings. The minimum Gasteiger partial charge on any atom is -0.324 e. The lowest BCUT2D eigenvalue weighted by Gasteiger charge is -2.32. The molecule has 0 amide bonds. The van der Waals surface area contributed by atoms with E-state index in [0.717, 1.165) is 5.56 Å². The molecule has 1 rings (SSSR count). The van der Waals surface area contributed by atoms with E-state index in [1.54, 1.807) is 11.8 Å². The minimum atomic E-state index is -1.07. The Morgan fingerprint density at radius 2 is 1.33 bits per heavy atom. The van der Waals surface area contributed by atoms with E-state index in [1.807, 2.05) is 45.0 Å². The van der Waals surface area contributed by atoms with Gasteiger partial charge >= 0.3 is 5.97 Å². The molecule has 0 aliphatic heterocycles. The second-order valence-electron chi connectivity index (χ2n) is 3.58. The van der Waals surface area contributed by atoms with Crippen molar-refractivity contribution in [2.45, 2.75) is 31.6 Å². The molecule has 0 saturated heterocycles. The zero-order valence-corrected chi connectivity index (χ0v) is 12.4. The van der Waals surface area contributed by atoms with Crippen molar-refractivity contribution in [3.63, 3.8) is 0 Å². The van der Waals surface area contributed by atoms with Gasteiger partial charge in [0.05, 0.1) is 0 Å². The molecule has 0 aliphatic carbocycles. The summed E-state index contributed by atoms with van der Waals surface area (Å²) in [6, 6.07) is 8.08. The molecule has 102 valence electrons. The van der Waals surface area contributed by atoms with Gasteiger partial charge in [-0.15, -0.1) is 11.8 Å². The summed E-state index contributed by atoms with van der Waals surface area (Å²) in [6.45, 7) is 7.40. The monoisotopic (exact) mass is 270 g/mol. The van der Waals surface area contributed by atoms with Crippen LogP contribution in [0.2, 0.25) is 0 Å². The van der Waals surface area contributed by atoms with E-state index in [9.17, 15) is 0 Å². The zero-order chi connectivity index (χ0) is 13.4. The predicted octanol–water partition coefficient (Wildman–Crippen LogP) is 3.63. The molecule has 0 spiro atoms. The molecule has 18 heavy (non-hydrogen) atoms. The van der Waals surface area contributed by atoms with Crippen LogP contribution in [0.3, 0.4) is 0 Å². The lowest BCUT2D eigenvalue weighted by Crippen LogP contribution is -2.36. The van der Waals surface area contributed by atoms with Crippen LogP contribution in [-0.2, 0) is 20.2 Å². The molecule has 0 heterocycles. The SMILES string of the molecule is CCOC(OCC)(OCC)c1ccc(SC)cc1. The molecule has 3 nitrogen and oxygen atoms in total. The van der Waals surface area contributed by atoms with Crippen molar-refractivity contribution in [2.75, 3.05) is 26.1 Å². The summed E-state index contributed by atoms with van der Waals surface area (Å²) in [5.74, 6) is -1.07. The summed E-state index contributed by atoms with van der Waals surface area (Å²) in [7, 11) is 0. The molecule has 0 saturated carbocycles. The fourth-order valence-electron chi connectivity index (χ4n) is 1.74. The van der Waals surface area contributed by atoms with E-state index in [1.165, 1.54) is 4.90 Å². The highest BCUT2D eigenvalue weighted by Gasteiger charge is 2.34. The first-order valence-corrected chi connectivity index (χ1v) is 7.51. The highest BCUT2D eigenvalue weighted by atomic mass is 32.2. The van der Waals surface area contributed by atoms with Crippen molar-refractivity contribution in [1.82, 2.24) is 0 Å². The molecule has 0 fully saturated rings. The minimum absolute atomic E-state index is 0.532. The molecule has 0 aliphatic rings. The normalized spacial score (nSPS) is 11.8. The Bertz CT molecular complexity index is 320. The Morgan fingerprint density at radius 1 is 0.889 bits per heavy atom. The first-order chi connectivity index (χ1) is 8.72. The molecule has 0 aromatic heterocycles. The first kappa shape index (κ1) is 15.5. The van der Waals surface area contributed by atoms with Gasteiger partial charge in [-0.1, -0.05) is 0 Å². The van der Waals surface area contributed by atoms with Gasteiger partial charge in [0, 0.05) is 30.3 Å². The number of rotatable bonds is 8. The summed E-state index contributed by atoms with van der Waals surface area (Å²) >= 11 is 1.71. The van der Waals surface area contributed by atoms with Crippen molar-refractivity contribution in [3.8, 4) is 0 Å². The summed E-state index contributed by atoms with van der Waals surface area (Å²) in [4.78, 5) is 1.21. The standard InChI is InChI=1S/C14H22O3S/c1-5-15-14(16-6-2,17-7-3)12-8-10-13(18-4)11-9-12/h8-11H,5-7H2,1-4H3. The van der Waals surface area contributed by atoms with Crippen molar-refractivity contribution < 1.29 is 14.2 Å². The maximum Gasteiger partial charge on any atom is 0.311 e. The van der Waals surface area contributed by atoms with Crippen molar-refractivity contribution in [3.05, 3.63) is 29.8 Å². The molecular formula is C14H22O3S. The molecule has 0 unspecified atom stereocenters. The molecule has 0 N–H and O–H groups in total. The summed E-state index contributed by atoms with van der Waals surface area (Å²) < 4.78 is 17.2. The molecule has 0 bridgehead atoms. The van der Waals surface area contributed by atoms with Crippen LogP contribution < -0.4 is 0 Å². The Labute approximate surface area is 114 Å². The lowest BCUT2D eigenvalue weighted by molar-refractivity contribution is -0.389. The summed E-state index contributed by atoms with van der Waals surface area (Å²) in [5, 5.41) is 0. The van der Waals surface area contributed by atoms with Gasteiger partial charge in [-0.25, -0.2) is 0 Å². The van der Waals surface area contributed by atoms with Gasteiger partial charge in [-0.05, 0) is 51.3 Å². The third kappa shape index (κ3) is 3.72. The van der Waals surface area contributed by atoms with Crippen molar-refractivity contribution >= 4 is 11.8 Å². The second-order valence-corrected chi connectivity index (χ2v) is 4.46. The number of benzene rings is 1. The Kier molecular flexibility index (Phi) is 6.71. The highest BCUT2D eigenvalue weighted by Crippen LogP contribution is 2.30. The average molecular weight is 270 g/mol. The summed E-state index contributed by atoms with van der Waals surface area (Å²) in [5.41, 5.74) is 0.894. The van der Waals surface area contributed by atoms with Gasteiger partial charge in [0.1, 0.15) is 0 Å². The Hall–Kier alpha value is -0.550. The third-order valence-electron chi connectivity index (χ3n) is 2.45. The second kappa shape index (κ2) is 7.79. The third-order valence-corrected chi connectivity index (χ3v) is 3.19. The first-order valence-electron chi connectivity index (χ1n) is 6.28. The van der Waals surface area contributed by atoms with Gasteiger partial charge in [0.2, 0.25) is 0 Å². The van der Waals surface area contributed by atoms with Crippen molar-refractivity contribution in [1.29, 1.82) is 0 Å². The van der Waals surface area contributed by atoms with Gasteiger partial charge in [0.25, 0.3) is 0 Å². The predicted molar refractivity (Wildman–Crippen MR) is 74.8 cm³/mol. The highest BCUT2D eigenvalue weighted by molar-refractivity contribution is 7.98. The molecule has 0 radical (unpaired) electrons. The smallest absolute Gasteiger partial charge is 0.311 e. The maximum absolute atomic E-state index is 5.72. The molecular weight excluding hydrogens is 248 g/mol. The van der Waals surface area contributed by atoms with E-state index in [0.29, 0.717) is 19.8 Å². The van der Waals surface area contributed by atoms with Gasteiger partial charge in [0.15, 0.2) is 0 Å². The number of ether oxygens (including phenoxy) is 3. The van der Waals surface area contributed by atoms with Crippen molar-refractivity contribution in [2.24, 2.45) is 0 Å². The number of hydrogen-bond acceptors (Lipinski definition) is 4. The number of hydrogen-bond donors (Lipinski definition) is 0. The largest absolute Gasteiger partial charge is 0.324 e. The van der Waals surface area contributed by atoms with Gasteiger partial charge < -0.3 is 14.2 Å². The topological polar surface area (TPSA) is 27.7 Å². The Morgan fingerprint density at radius 3 is 1.67 bits per heavy atom. The van der Waals surface area contributed by atoms with Crippen LogP contribution in [0.15, 0.2) is 29.2 Å². The van der Waals surface area contributed by atoms with E-state index in [-0.39, 0.29) is 0 Å². The van der Waals surface area contributed by atoms with Crippen LogP contribution in [0.1, 0.15) is 26.3 Å². The van der Waals surface area contributed by atoms with Crippen LogP contribution >= 0.6 is 11.8 Å². The average Bonchev–Trinajstić information content (AvgIpc) is 2.39. The number of thioether (sulfide) groups is 1. The van der Waals surface area contributed by atoms with Gasteiger partial charge in [-0.3, -0.25) is 0 Å². The van der Waals surface area contributed by atoms with Crippen LogP contribution in [0, 0.1) is 0 Å². The molecule has 0 atom stereocenters. The summed E-state index contributed by atoms with van der Waals surface area (Å²) in [6.07, 6.45) is 2.05. The van der Waals surface area contributed by atoms with E-state index < -0.39 is 5.97 Å². The van der Waals surface area contributed by atoms with Crippen LogP contribution in [0.4, 0.5) is 0 Å². The Balaban J connectivity index is 3.04. The van der Waals surface area contributed by atoms with E-state index in [2.05, 4.69) is 6.26 Å². The quantitative estimate of drug-likeness (QED) is 0.532. The fourth-order valence-corrected chi connectivity index (χ4v) is 2.15. The van der Waals surface area contributed by atoms with E-state index >= 15 is 0 Å². The maximum atomic E-state index is 5.72. The lowest BCUT2D eigenvalue weighted by atomic mass is 10.2. The van der Waals surface area contributed by atoms with E-state index in [4.69, 9.17) is 14.2 Å². The van der Waals surface area contributed by atoms with Crippen LogP contribution in [0.5, 0.6) is 0 Å². The fraction of sp³-hybridized carbons (Fsp3) is 0.571.